The molecule has 0 N–H and O–H groups in total. The number of unbranched alkanes of at least 4 members (excludes halogenated alkanes) is 7. The molecule has 1 nitrogen and oxygen atoms in total. The summed E-state index contributed by atoms with van der Waals surface area (Å²) < 4.78 is 5.71. The summed E-state index contributed by atoms with van der Waals surface area (Å²) in [6, 6.07) is 20.6. The topological polar surface area (TPSA) is 9.23 Å². The van der Waals surface area contributed by atoms with Crippen molar-refractivity contribution in [1.29, 1.82) is 0 Å². The Morgan fingerprint density at radius 2 is 1.21 bits per heavy atom. The van der Waals surface area contributed by atoms with E-state index in [1.807, 2.05) is 30.3 Å². The Morgan fingerprint density at radius 1 is 0.625 bits per heavy atom. The van der Waals surface area contributed by atoms with Gasteiger partial charge in [-0.05, 0) is 37.0 Å². The summed E-state index contributed by atoms with van der Waals surface area (Å²) in [4.78, 5) is 0. The lowest BCUT2D eigenvalue weighted by atomic mass is 10.1. The van der Waals surface area contributed by atoms with E-state index in [2.05, 4.69) is 42.5 Å². The molecule has 24 heavy (non-hydrogen) atoms. The fourth-order valence-electron chi connectivity index (χ4n) is 2.74. The Balaban J connectivity index is 1.36. The van der Waals surface area contributed by atoms with E-state index in [1.54, 1.807) is 0 Å². The molecule has 0 radical (unpaired) electrons. The van der Waals surface area contributed by atoms with Crippen LogP contribution in [0.2, 0.25) is 0 Å². The molecule has 0 bridgehead atoms. The minimum atomic E-state index is 0.842. The first-order valence-electron chi connectivity index (χ1n) is 9.34. The van der Waals surface area contributed by atoms with E-state index in [0.717, 1.165) is 18.8 Å². The molecule has 1 heteroatoms. The van der Waals surface area contributed by atoms with Crippen LogP contribution in [0.5, 0.6) is 5.75 Å². The lowest BCUT2D eigenvalue weighted by molar-refractivity contribution is 0.304. The summed E-state index contributed by atoms with van der Waals surface area (Å²) in [5.74, 6) is 0.987. The number of allylic oxidation sites excluding steroid dienone is 1. The predicted octanol–water partition coefficient (Wildman–Crippen LogP) is 6.90. The second-order valence-electron chi connectivity index (χ2n) is 6.24. The number of hydrogen-bond donors (Lipinski definition) is 0. The molecule has 2 rings (SSSR count). The molecule has 2 aromatic carbocycles. The minimum absolute atomic E-state index is 0.842. The van der Waals surface area contributed by atoms with E-state index in [0.29, 0.717) is 0 Å². The Hall–Kier alpha value is -2.02. The third kappa shape index (κ3) is 8.57. The van der Waals surface area contributed by atoms with Gasteiger partial charge in [0.2, 0.25) is 0 Å². The maximum atomic E-state index is 5.71. The maximum absolute atomic E-state index is 5.71. The zero-order chi connectivity index (χ0) is 16.7. The van der Waals surface area contributed by atoms with Crippen molar-refractivity contribution in [3.8, 4) is 5.75 Å². The van der Waals surface area contributed by atoms with Crippen molar-refractivity contribution in [2.24, 2.45) is 0 Å². The van der Waals surface area contributed by atoms with Crippen LogP contribution in [0.4, 0.5) is 0 Å². The van der Waals surface area contributed by atoms with E-state index in [9.17, 15) is 0 Å². The van der Waals surface area contributed by atoms with Crippen LogP contribution in [0.15, 0.2) is 66.7 Å². The summed E-state index contributed by atoms with van der Waals surface area (Å²) in [5.41, 5.74) is 1.30. The monoisotopic (exact) mass is 322 g/mol. The summed E-state index contributed by atoms with van der Waals surface area (Å²) in [7, 11) is 0. The molecule has 2 aromatic rings. The molecule has 0 atom stereocenters. The maximum Gasteiger partial charge on any atom is 0.119 e. The molecular formula is C23H30O. The summed E-state index contributed by atoms with van der Waals surface area (Å²) >= 11 is 0. The largest absolute Gasteiger partial charge is 0.494 e. The van der Waals surface area contributed by atoms with E-state index >= 15 is 0 Å². The Kier molecular flexibility index (Phi) is 9.47. The van der Waals surface area contributed by atoms with Crippen molar-refractivity contribution in [1.82, 2.24) is 0 Å². The normalized spacial score (nSPS) is 11.0. The van der Waals surface area contributed by atoms with Gasteiger partial charge in [-0.25, -0.2) is 0 Å². The first-order valence-corrected chi connectivity index (χ1v) is 9.34. The van der Waals surface area contributed by atoms with Gasteiger partial charge in [0.05, 0.1) is 6.61 Å². The highest BCUT2D eigenvalue weighted by molar-refractivity contribution is 5.48. The molecule has 0 amide bonds. The molecule has 0 saturated heterocycles. The SMILES string of the molecule is C(=Cc1ccccc1)CCCCCCCCCOc1ccccc1. The Morgan fingerprint density at radius 3 is 1.92 bits per heavy atom. The minimum Gasteiger partial charge on any atom is -0.494 e. The number of hydrogen-bond acceptors (Lipinski definition) is 1. The van der Waals surface area contributed by atoms with E-state index < -0.39 is 0 Å². The molecule has 128 valence electrons. The van der Waals surface area contributed by atoms with Crippen molar-refractivity contribution in [3.05, 3.63) is 72.3 Å². The molecule has 0 heterocycles. The van der Waals surface area contributed by atoms with Crippen LogP contribution >= 0.6 is 0 Å². The molecule has 0 unspecified atom stereocenters. The number of benzene rings is 2. The quantitative estimate of drug-likeness (QED) is 0.386. The second-order valence-corrected chi connectivity index (χ2v) is 6.24. The van der Waals surface area contributed by atoms with Gasteiger partial charge < -0.3 is 4.74 Å². The van der Waals surface area contributed by atoms with Gasteiger partial charge in [-0.1, -0.05) is 92.8 Å². The fraction of sp³-hybridized carbons (Fsp3) is 0.391. The second kappa shape index (κ2) is 12.4. The molecule has 0 spiro atoms. The lowest BCUT2D eigenvalue weighted by Gasteiger charge is -2.05. The number of para-hydroxylation sites is 1. The lowest BCUT2D eigenvalue weighted by Crippen LogP contribution is -1.96. The third-order valence-electron chi connectivity index (χ3n) is 4.14. The van der Waals surface area contributed by atoms with Crippen LogP contribution < -0.4 is 4.74 Å². The van der Waals surface area contributed by atoms with Crippen LogP contribution in [0.25, 0.3) is 6.08 Å². The standard InChI is InChI=1S/C23H30O/c1(2-4-6-10-16-22-17-11-8-12-18-22)3-5-7-15-21-24-23-19-13-9-14-20-23/h8-14,16-20H,1-7,15,21H2. The van der Waals surface area contributed by atoms with Crippen LogP contribution in [0.1, 0.15) is 56.9 Å². The van der Waals surface area contributed by atoms with Crippen LogP contribution in [0, 0.1) is 0 Å². The van der Waals surface area contributed by atoms with Crippen molar-refractivity contribution in [2.45, 2.75) is 51.4 Å². The summed E-state index contributed by atoms with van der Waals surface area (Å²) in [6.45, 7) is 0.842. The highest BCUT2D eigenvalue weighted by Crippen LogP contribution is 2.12. The fourth-order valence-corrected chi connectivity index (χ4v) is 2.74. The number of rotatable bonds is 12. The van der Waals surface area contributed by atoms with Crippen molar-refractivity contribution in [2.75, 3.05) is 6.61 Å². The van der Waals surface area contributed by atoms with Gasteiger partial charge in [-0.3, -0.25) is 0 Å². The van der Waals surface area contributed by atoms with Crippen LogP contribution in [-0.2, 0) is 0 Å². The zero-order valence-corrected chi connectivity index (χ0v) is 14.7. The van der Waals surface area contributed by atoms with Gasteiger partial charge >= 0.3 is 0 Å². The number of ether oxygens (including phenoxy) is 1. The van der Waals surface area contributed by atoms with E-state index in [-0.39, 0.29) is 0 Å². The van der Waals surface area contributed by atoms with Gasteiger partial charge in [0.25, 0.3) is 0 Å². The Labute approximate surface area is 147 Å². The summed E-state index contributed by atoms with van der Waals surface area (Å²) in [5, 5.41) is 0. The van der Waals surface area contributed by atoms with Crippen LogP contribution in [0.3, 0.4) is 0 Å². The third-order valence-corrected chi connectivity index (χ3v) is 4.14. The highest BCUT2D eigenvalue weighted by atomic mass is 16.5. The Bertz CT molecular complexity index is 545. The molecule has 0 fully saturated rings. The van der Waals surface area contributed by atoms with Gasteiger partial charge in [0.15, 0.2) is 0 Å². The van der Waals surface area contributed by atoms with Crippen molar-refractivity contribution < 1.29 is 4.74 Å². The van der Waals surface area contributed by atoms with E-state index in [4.69, 9.17) is 4.74 Å². The van der Waals surface area contributed by atoms with Crippen molar-refractivity contribution in [3.63, 3.8) is 0 Å². The molecule has 0 aliphatic carbocycles. The molecule has 0 aliphatic rings. The van der Waals surface area contributed by atoms with Crippen molar-refractivity contribution >= 4 is 6.08 Å². The van der Waals surface area contributed by atoms with Gasteiger partial charge in [-0.15, -0.1) is 0 Å². The molecule has 0 saturated carbocycles. The molecular weight excluding hydrogens is 292 g/mol. The van der Waals surface area contributed by atoms with Gasteiger partial charge in [-0.2, -0.15) is 0 Å². The summed E-state index contributed by atoms with van der Waals surface area (Å²) in [6.07, 6.45) is 14.9. The average Bonchev–Trinajstić information content (AvgIpc) is 2.64. The average molecular weight is 322 g/mol. The first-order chi connectivity index (χ1) is 11.9. The van der Waals surface area contributed by atoms with Gasteiger partial charge in [0.1, 0.15) is 5.75 Å². The molecule has 0 aliphatic heterocycles. The highest BCUT2D eigenvalue weighted by Gasteiger charge is 1.94. The zero-order valence-electron chi connectivity index (χ0n) is 14.7. The smallest absolute Gasteiger partial charge is 0.119 e. The first kappa shape index (κ1) is 18.3. The van der Waals surface area contributed by atoms with E-state index in [1.165, 1.54) is 50.5 Å². The molecule has 0 aromatic heterocycles. The van der Waals surface area contributed by atoms with Gasteiger partial charge in [0, 0.05) is 0 Å². The predicted molar refractivity (Wildman–Crippen MR) is 104 cm³/mol. The van der Waals surface area contributed by atoms with Crippen LogP contribution in [-0.4, -0.2) is 6.61 Å².